The number of carbonyl (C=O) groups is 1. The fourth-order valence-electron chi connectivity index (χ4n) is 1.36. The van der Waals surface area contributed by atoms with Gasteiger partial charge in [-0.3, -0.25) is 4.79 Å². The van der Waals surface area contributed by atoms with Crippen molar-refractivity contribution in [3.8, 4) is 0 Å². The third kappa shape index (κ3) is 3.01. The lowest BCUT2D eigenvalue weighted by atomic mass is 10.1. The van der Waals surface area contributed by atoms with E-state index in [1.54, 1.807) is 18.2 Å². The van der Waals surface area contributed by atoms with E-state index in [0.717, 1.165) is 5.56 Å². The number of carbonyl (C=O) groups excluding carboxylic acids is 1. The first-order valence-electron chi connectivity index (χ1n) is 5.01. The van der Waals surface area contributed by atoms with Gasteiger partial charge in [0.2, 0.25) is 0 Å². The molecule has 0 saturated heterocycles. The van der Waals surface area contributed by atoms with Crippen molar-refractivity contribution in [1.29, 1.82) is 0 Å². The highest BCUT2D eigenvalue weighted by molar-refractivity contribution is 6.17. The minimum absolute atomic E-state index is 0.202. The van der Waals surface area contributed by atoms with Crippen LogP contribution >= 0.6 is 11.6 Å². The van der Waals surface area contributed by atoms with Gasteiger partial charge in [-0.1, -0.05) is 12.1 Å². The summed E-state index contributed by atoms with van der Waals surface area (Å²) in [6.45, 7) is 0. The first kappa shape index (κ1) is 11.5. The van der Waals surface area contributed by atoms with Crippen molar-refractivity contribution in [2.75, 3.05) is 5.32 Å². The first-order valence-corrected chi connectivity index (χ1v) is 5.54. The lowest BCUT2D eigenvalue weighted by molar-refractivity contribution is 0.102. The third-order valence-corrected chi connectivity index (χ3v) is 2.47. The number of hydrogen-bond acceptors (Lipinski definition) is 3. The zero-order valence-corrected chi connectivity index (χ0v) is 9.69. The minimum atomic E-state index is -0.202. The molecule has 86 valence electrons. The minimum Gasteiger partial charge on any atom is -0.319 e. The molecule has 1 N–H and O–H groups in total. The molecular weight excluding hydrogens is 238 g/mol. The van der Waals surface area contributed by atoms with Crippen LogP contribution in [0, 0.1) is 0 Å². The number of halogens is 1. The maximum atomic E-state index is 11.9. The van der Waals surface area contributed by atoms with Gasteiger partial charge in [0.05, 0.1) is 18.1 Å². The molecule has 0 saturated carbocycles. The van der Waals surface area contributed by atoms with Gasteiger partial charge in [-0.25, -0.2) is 9.97 Å². The van der Waals surface area contributed by atoms with Crippen LogP contribution in [0.15, 0.2) is 43.0 Å². The van der Waals surface area contributed by atoms with Gasteiger partial charge < -0.3 is 5.32 Å². The maximum absolute atomic E-state index is 11.9. The molecule has 0 unspecified atom stereocenters. The summed E-state index contributed by atoms with van der Waals surface area (Å²) in [5.41, 5.74) is 2.03. The van der Waals surface area contributed by atoms with Crippen LogP contribution in [-0.4, -0.2) is 15.9 Å². The number of benzene rings is 1. The number of alkyl halides is 1. The van der Waals surface area contributed by atoms with E-state index in [1.807, 2.05) is 6.07 Å². The van der Waals surface area contributed by atoms with Crippen LogP contribution in [0.2, 0.25) is 0 Å². The quantitative estimate of drug-likeness (QED) is 0.848. The normalized spacial score (nSPS) is 9.94. The average Bonchev–Trinajstić information content (AvgIpc) is 2.40. The molecule has 0 spiro atoms. The van der Waals surface area contributed by atoms with Crippen molar-refractivity contribution >= 4 is 23.2 Å². The Hall–Kier alpha value is -1.94. The lowest BCUT2D eigenvalue weighted by Crippen LogP contribution is -2.12. The van der Waals surface area contributed by atoms with Crippen LogP contribution in [0.5, 0.6) is 0 Å². The lowest BCUT2D eigenvalue weighted by Gasteiger charge is -2.05. The van der Waals surface area contributed by atoms with Gasteiger partial charge in [-0.2, -0.15) is 0 Å². The fourth-order valence-corrected chi connectivity index (χ4v) is 1.53. The van der Waals surface area contributed by atoms with Crippen LogP contribution in [0.25, 0.3) is 0 Å². The average molecular weight is 248 g/mol. The van der Waals surface area contributed by atoms with Crippen molar-refractivity contribution in [3.05, 3.63) is 54.1 Å². The van der Waals surface area contributed by atoms with Gasteiger partial charge in [0.15, 0.2) is 0 Å². The molecule has 1 aromatic heterocycles. The summed E-state index contributed by atoms with van der Waals surface area (Å²) < 4.78 is 0. The summed E-state index contributed by atoms with van der Waals surface area (Å²) in [6.07, 6.45) is 4.48. The number of amides is 1. The molecule has 0 aliphatic carbocycles. The molecule has 2 aromatic rings. The predicted octanol–water partition coefficient (Wildman–Crippen LogP) is 2.47. The van der Waals surface area contributed by atoms with Crippen molar-refractivity contribution < 1.29 is 4.79 Å². The van der Waals surface area contributed by atoms with Gasteiger partial charge in [-0.05, 0) is 17.7 Å². The summed E-state index contributed by atoms with van der Waals surface area (Å²) in [5, 5.41) is 2.70. The molecule has 1 amide bonds. The van der Waals surface area contributed by atoms with E-state index in [1.165, 1.54) is 18.7 Å². The van der Waals surface area contributed by atoms with E-state index in [2.05, 4.69) is 15.3 Å². The Morgan fingerprint density at radius 1 is 1.29 bits per heavy atom. The Labute approximate surface area is 104 Å². The highest BCUT2D eigenvalue weighted by atomic mass is 35.5. The van der Waals surface area contributed by atoms with E-state index in [-0.39, 0.29) is 5.91 Å². The number of nitrogens with zero attached hydrogens (tertiary/aromatic N) is 2. The number of rotatable bonds is 3. The molecule has 1 aromatic carbocycles. The Morgan fingerprint density at radius 3 is 2.76 bits per heavy atom. The molecule has 0 aliphatic rings. The largest absolute Gasteiger partial charge is 0.319 e. The predicted molar refractivity (Wildman–Crippen MR) is 66.0 cm³/mol. The standard InChI is InChI=1S/C12H10ClN3O/c13-5-9-2-1-3-10(4-9)12(17)16-11-6-14-8-15-7-11/h1-4,6-8H,5H2,(H,16,17). The van der Waals surface area contributed by atoms with E-state index in [0.29, 0.717) is 17.1 Å². The summed E-state index contributed by atoms with van der Waals surface area (Å²) in [7, 11) is 0. The highest BCUT2D eigenvalue weighted by Crippen LogP contribution is 2.10. The summed E-state index contributed by atoms with van der Waals surface area (Å²) >= 11 is 5.71. The second-order valence-corrected chi connectivity index (χ2v) is 3.68. The van der Waals surface area contributed by atoms with Gasteiger partial charge in [-0.15, -0.1) is 11.6 Å². The Balaban J connectivity index is 2.14. The van der Waals surface area contributed by atoms with E-state index in [9.17, 15) is 4.79 Å². The molecule has 1 heterocycles. The van der Waals surface area contributed by atoms with E-state index >= 15 is 0 Å². The van der Waals surface area contributed by atoms with Crippen molar-refractivity contribution in [3.63, 3.8) is 0 Å². The molecule has 5 heteroatoms. The van der Waals surface area contributed by atoms with Crippen molar-refractivity contribution in [2.24, 2.45) is 0 Å². The van der Waals surface area contributed by atoms with Crippen LogP contribution in [0.3, 0.4) is 0 Å². The van der Waals surface area contributed by atoms with Gasteiger partial charge in [0.25, 0.3) is 5.91 Å². The summed E-state index contributed by atoms with van der Waals surface area (Å²) in [4.78, 5) is 19.5. The Kier molecular flexibility index (Phi) is 3.67. The molecule has 0 aliphatic heterocycles. The second kappa shape index (κ2) is 5.41. The zero-order chi connectivity index (χ0) is 12.1. The third-order valence-electron chi connectivity index (χ3n) is 2.16. The zero-order valence-electron chi connectivity index (χ0n) is 8.93. The topological polar surface area (TPSA) is 54.9 Å². The molecule has 0 atom stereocenters. The molecule has 0 radical (unpaired) electrons. The van der Waals surface area contributed by atoms with E-state index in [4.69, 9.17) is 11.6 Å². The Morgan fingerprint density at radius 2 is 2.06 bits per heavy atom. The number of aromatic nitrogens is 2. The highest BCUT2D eigenvalue weighted by Gasteiger charge is 2.06. The smallest absolute Gasteiger partial charge is 0.255 e. The molecule has 4 nitrogen and oxygen atoms in total. The number of nitrogens with one attached hydrogen (secondary N) is 1. The van der Waals surface area contributed by atoms with E-state index < -0.39 is 0 Å². The van der Waals surface area contributed by atoms with Gasteiger partial charge >= 0.3 is 0 Å². The summed E-state index contributed by atoms with van der Waals surface area (Å²) in [6, 6.07) is 7.16. The van der Waals surface area contributed by atoms with Crippen LogP contribution in [-0.2, 0) is 5.88 Å². The fraction of sp³-hybridized carbons (Fsp3) is 0.0833. The van der Waals surface area contributed by atoms with Gasteiger partial charge in [0, 0.05) is 11.4 Å². The number of hydrogen-bond donors (Lipinski definition) is 1. The molecule has 17 heavy (non-hydrogen) atoms. The summed E-state index contributed by atoms with van der Waals surface area (Å²) in [5.74, 6) is 0.182. The molecular formula is C12H10ClN3O. The number of anilines is 1. The van der Waals surface area contributed by atoms with Crippen LogP contribution in [0.1, 0.15) is 15.9 Å². The molecule has 2 rings (SSSR count). The van der Waals surface area contributed by atoms with Crippen LogP contribution in [0.4, 0.5) is 5.69 Å². The first-order chi connectivity index (χ1) is 8.29. The van der Waals surface area contributed by atoms with Crippen molar-refractivity contribution in [1.82, 2.24) is 9.97 Å². The molecule has 0 fully saturated rings. The Bertz CT molecular complexity index is 516. The second-order valence-electron chi connectivity index (χ2n) is 3.42. The van der Waals surface area contributed by atoms with Crippen LogP contribution < -0.4 is 5.32 Å². The monoisotopic (exact) mass is 247 g/mol. The SMILES string of the molecule is O=C(Nc1cncnc1)c1cccc(CCl)c1. The molecule has 0 bridgehead atoms. The van der Waals surface area contributed by atoms with Crippen molar-refractivity contribution in [2.45, 2.75) is 5.88 Å². The van der Waals surface area contributed by atoms with Gasteiger partial charge in [0.1, 0.15) is 6.33 Å². The maximum Gasteiger partial charge on any atom is 0.255 e.